The summed E-state index contributed by atoms with van der Waals surface area (Å²) in [6.45, 7) is 0. The van der Waals surface area contributed by atoms with Gasteiger partial charge in [0.05, 0.1) is 11.5 Å². The van der Waals surface area contributed by atoms with E-state index in [0.29, 0.717) is 12.3 Å². The van der Waals surface area contributed by atoms with Crippen molar-refractivity contribution in [1.29, 1.82) is 0 Å². The van der Waals surface area contributed by atoms with E-state index in [2.05, 4.69) is 38.5 Å². The number of halogens is 1. The maximum Gasteiger partial charge on any atom is 0.163 e. The summed E-state index contributed by atoms with van der Waals surface area (Å²) in [5.74, 6) is 1.43. The second-order valence-electron chi connectivity index (χ2n) is 4.16. The van der Waals surface area contributed by atoms with Crippen LogP contribution in [0.15, 0.2) is 45.5 Å². The van der Waals surface area contributed by atoms with Crippen LogP contribution >= 0.6 is 24.2 Å². The Labute approximate surface area is 127 Å². The summed E-state index contributed by atoms with van der Waals surface area (Å²) in [4.78, 5) is 13.7. The van der Waals surface area contributed by atoms with Gasteiger partial charge in [0.15, 0.2) is 5.82 Å². The van der Waals surface area contributed by atoms with Crippen LogP contribution in [0.5, 0.6) is 0 Å². The van der Waals surface area contributed by atoms with Gasteiger partial charge in [-0.25, -0.2) is 9.97 Å². The van der Waals surface area contributed by atoms with E-state index < -0.39 is 0 Å². The molecule has 0 radical (unpaired) electrons. The summed E-state index contributed by atoms with van der Waals surface area (Å²) in [7, 11) is 1.70. The molecule has 20 heavy (non-hydrogen) atoms. The van der Waals surface area contributed by atoms with Gasteiger partial charge in [-0.2, -0.15) is 0 Å². The first-order valence-electron chi connectivity index (χ1n) is 5.86. The van der Waals surface area contributed by atoms with E-state index in [1.165, 1.54) is 0 Å². The molecule has 0 fully saturated rings. The molecule has 0 aliphatic carbocycles. The number of aliphatic imine (C=N–C) groups is 1. The molecule has 2 heterocycles. The monoisotopic (exact) mass is 307 g/mol. The molecule has 2 aromatic rings. The van der Waals surface area contributed by atoms with Gasteiger partial charge in [0.25, 0.3) is 0 Å². The summed E-state index contributed by atoms with van der Waals surface area (Å²) in [5, 5.41) is 4.20. The zero-order valence-corrected chi connectivity index (χ0v) is 12.5. The van der Waals surface area contributed by atoms with Crippen molar-refractivity contribution in [2.45, 2.75) is 16.3 Å². The molecule has 5 nitrogen and oxygen atoms in total. The average molecular weight is 308 g/mol. The number of rotatable bonds is 2. The molecule has 1 aromatic heterocycles. The van der Waals surface area contributed by atoms with E-state index in [1.807, 2.05) is 0 Å². The van der Waals surface area contributed by atoms with Crippen molar-refractivity contribution < 1.29 is 0 Å². The molecular weight excluding hydrogens is 294 g/mol. The van der Waals surface area contributed by atoms with Crippen molar-refractivity contribution in [2.75, 3.05) is 12.4 Å². The molecule has 3 rings (SSSR count). The summed E-state index contributed by atoms with van der Waals surface area (Å²) in [6, 6.07) is 6.22. The summed E-state index contributed by atoms with van der Waals surface area (Å²) in [6.07, 6.45) is 4.04. The fourth-order valence-corrected chi connectivity index (χ4v) is 2.76. The number of nitrogens with one attached hydrogen (secondary N) is 1. The third-order valence-corrected chi connectivity index (χ3v) is 3.91. The molecule has 0 amide bonds. The van der Waals surface area contributed by atoms with Crippen LogP contribution in [0.2, 0.25) is 0 Å². The highest BCUT2D eigenvalue weighted by molar-refractivity contribution is 7.99. The van der Waals surface area contributed by atoms with Gasteiger partial charge in [0, 0.05) is 30.8 Å². The predicted octanol–water partition coefficient (Wildman–Crippen LogP) is 2.64. The Morgan fingerprint density at radius 3 is 2.95 bits per heavy atom. The normalized spacial score (nSPS) is 12.8. The number of benzene rings is 1. The second-order valence-corrected chi connectivity index (χ2v) is 5.19. The van der Waals surface area contributed by atoms with Crippen molar-refractivity contribution in [3.8, 4) is 0 Å². The first-order valence-corrected chi connectivity index (χ1v) is 6.68. The Balaban J connectivity index is 0.00000147. The standard InChI is InChI=1S/C13H13N5S.ClH/c1-15-11(14)7-8-2-3-10-9(6-8)18-12-13(19-10)17-5-4-16-12;/h2-6H,7H2,1H3,(H2,14,15)(H,16,18);1H. The lowest BCUT2D eigenvalue weighted by atomic mass is 10.1. The number of nitrogens with zero attached hydrogens (tertiary/aromatic N) is 3. The van der Waals surface area contributed by atoms with Crippen molar-refractivity contribution >= 4 is 41.5 Å². The lowest BCUT2D eigenvalue weighted by Crippen LogP contribution is -2.14. The molecule has 1 aromatic carbocycles. The lowest BCUT2D eigenvalue weighted by Gasteiger charge is -2.19. The van der Waals surface area contributed by atoms with E-state index in [9.17, 15) is 0 Å². The molecule has 0 atom stereocenters. The van der Waals surface area contributed by atoms with Crippen LogP contribution in [-0.2, 0) is 6.42 Å². The first kappa shape index (κ1) is 14.6. The van der Waals surface area contributed by atoms with Gasteiger partial charge < -0.3 is 11.1 Å². The largest absolute Gasteiger partial charge is 0.387 e. The number of hydrogen-bond donors (Lipinski definition) is 2. The quantitative estimate of drug-likeness (QED) is 0.562. The van der Waals surface area contributed by atoms with E-state index in [4.69, 9.17) is 5.73 Å². The SMILES string of the molecule is CN=C(N)Cc1ccc2c(c1)Nc1nccnc1S2.Cl. The maximum absolute atomic E-state index is 5.76. The highest BCUT2D eigenvalue weighted by Crippen LogP contribution is 2.41. The Morgan fingerprint density at radius 2 is 2.15 bits per heavy atom. The number of aromatic nitrogens is 2. The zero-order chi connectivity index (χ0) is 13.2. The number of hydrogen-bond acceptors (Lipinski definition) is 5. The third kappa shape index (κ3) is 2.86. The minimum Gasteiger partial charge on any atom is -0.387 e. The first-order chi connectivity index (χ1) is 9.26. The number of amidine groups is 1. The van der Waals surface area contributed by atoms with Crippen LogP contribution in [0.25, 0.3) is 0 Å². The van der Waals surface area contributed by atoms with Crippen LogP contribution in [0.3, 0.4) is 0 Å². The fraction of sp³-hybridized carbons (Fsp3) is 0.154. The molecule has 3 N–H and O–H groups in total. The molecule has 0 spiro atoms. The fourth-order valence-electron chi connectivity index (χ4n) is 1.88. The Morgan fingerprint density at radius 1 is 1.35 bits per heavy atom. The van der Waals surface area contributed by atoms with Crippen molar-refractivity contribution in [3.05, 3.63) is 36.2 Å². The molecule has 0 saturated heterocycles. The van der Waals surface area contributed by atoms with Gasteiger partial charge in [-0.05, 0) is 17.7 Å². The lowest BCUT2D eigenvalue weighted by molar-refractivity contribution is 1.05. The predicted molar refractivity (Wildman–Crippen MR) is 84.4 cm³/mol. The average Bonchev–Trinajstić information content (AvgIpc) is 2.45. The minimum absolute atomic E-state index is 0. The number of fused-ring (bicyclic) bond motifs is 2. The Kier molecular flexibility index (Phi) is 4.46. The van der Waals surface area contributed by atoms with E-state index in [0.717, 1.165) is 27.0 Å². The number of anilines is 2. The van der Waals surface area contributed by atoms with Gasteiger partial charge in [-0.15, -0.1) is 12.4 Å². The highest BCUT2D eigenvalue weighted by Gasteiger charge is 2.17. The molecule has 1 aliphatic rings. The third-order valence-electron chi connectivity index (χ3n) is 2.84. The summed E-state index contributed by atoms with van der Waals surface area (Å²) < 4.78 is 0. The zero-order valence-electron chi connectivity index (χ0n) is 10.8. The number of nitrogens with two attached hydrogens (primary N) is 1. The van der Waals surface area contributed by atoms with Gasteiger partial charge in [-0.3, -0.25) is 4.99 Å². The van der Waals surface area contributed by atoms with Crippen LogP contribution < -0.4 is 11.1 Å². The maximum atomic E-state index is 5.76. The molecule has 0 bridgehead atoms. The molecule has 0 unspecified atom stereocenters. The van der Waals surface area contributed by atoms with Crippen LogP contribution in [-0.4, -0.2) is 22.9 Å². The van der Waals surface area contributed by atoms with E-state index >= 15 is 0 Å². The Bertz CT molecular complexity index is 659. The highest BCUT2D eigenvalue weighted by atomic mass is 35.5. The van der Waals surface area contributed by atoms with E-state index in [1.54, 1.807) is 31.2 Å². The topological polar surface area (TPSA) is 76.2 Å². The minimum atomic E-state index is 0. The molecular formula is C13H14ClN5S. The van der Waals surface area contributed by atoms with Gasteiger partial charge in [0.2, 0.25) is 0 Å². The van der Waals surface area contributed by atoms with Crippen molar-refractivity contribution in [1.82, 2.24) is 9.97 Å². The molecule has 0 saturated carbocycles. The van der Waals surface area contributed by atoms with Gasteiger partial charge >= 0.3 is 0 Å². The van der Waals surface area contributed by atoms with Crippen LogP contribution in [0.4, 0.5) is 11.5 Å². The summed E-state index contributed by atoms with van der Waals surface area (Å²) >= 11 is 1.62. The molecule has 104 valence electrons. The van der Waals surface area contributed by atoms with Crippen molar-refractivity contribution in [2.24, 2.45) is 10.7 Å². The van der Waals surface area contributed by atoms with Crippen molar-refractivity contribution in [3.63, 3.8) is 0 Å². The molecule has 7 heteroatoms. The van der Waals surface area contributed by atoms with Gasteiger partial charge in [-0.1, -0.05) is 17.8 Å². The Hall–Kier alpha value is -1.79. The molecule has 1 aliphatic heterocycles. The smallest absolute Gasteiger partial charge is 0.163 e. The van der Waals surface area contributed by atoms with Crippen LogP contribution in [0.1, 0.15) is 5.56 Å². The second kappa shape index (κ2) is 6.11. The van der Waals surface area contributed by atoms with E-state index in [-0.39, 0.29) is 12.4 Å². The van der Waals surface area contributed by atoms with Gasteiger partial charge in [0.1, 0.15) is 5.03 Å². The van der Waals surface area contributed by atoms with Crippen LogP contribution in [0, 0.1) is 0 Å². The summed E-state index contributed by atoms with van der Waals surface area (Å²) in [5.41, 5.74) is 7.93.